The highest BCUT2D eigenvalue weighted by Gasteiger charge is 2.54. The summed E-state index contributed by atoms with van der Waals surface area (Å²) in [5, 5.41) is 3.07. The minimum absolute atomic E-state index is 0.0193. The number of hydrogen-bond donors (Lipinski definition) is 1. The van der Waals surface area contributed by atoms with E-state index in [-0.39, 0.29) is 24.6 Å². The summed E-state index contributed by atoms with van der Waals surface area (Å²) in [7, 11) is -2.55. The smallest absolute Gasteiger partial charge is 0.435 e. The average Bonchev–Trinajstić information content (AvgIpc) is 2.77. The van der Waals surface area contributed by atoms with E-state index in [9.17, 15) is 13.2 Å². The van der Waals surface area contributed by atoms with E-state index in [0.717, 1.165) is 5.56 Å². The number of aliphatic imine (C=N–C) groups is 1. The van der Waals surface area contributed by atoms with Gasteiger partial charge < -0.3 is 19.5 Å². The zero-order valence-corrected chi connectivity index (χ0v) is 22.2. The van der Waals surface area contributed by atoms with E-state index in [1.165, 1.54) is 39.2 Å². The number of nitrogens with zero attached hydrogens (tertiary/aromatic N) is 1. The van der Waals surface area contributed by atoms with Crippen LogP contribution in [0.4, 0.5) is 9.18 Å². The molecule has 36 heavy (non-hydrogen) atoms. The normalized spacial score (nSPS) is 22.0. The first-order valence-corrected chi connectivity index (χ1v) is 13.1. The Morgan fingerprint density at radius 2 is 1.81 bits per heavy atom. The molecule has 1 atom stereocenters. The molecule has 0 radical (unpaired) electrons. The molecule has 1 amide bonds. The third-order valence-corrected chi connectivity index (χ3v) is 8.51. The van der Waals surface area contributed by atoms with Crippen LogP contribution in [0.2, 0.25) is 0 Å². The lowest BCUT2D eigenvalue weighted by Gasteiger charge is -2.45. The van der Waals surface area contributed by atoms with E-state index in [1.807, 2.05) is 30.3 Å². The zero-order chi connectivity index (χ0) is 26.8. The molecule has 1 aliphatic rings. The van der Waals surface area contributed by atoms with Crippen molar-refractivity contribution in [3.05, 3.63) is 65.5 Å². The molecule has 0 aromatic heterocycles. The third kappa shape index (κ3) is 6.04. The number of amides is 1. The number of hydrogen-bond acceptors (Lipinski definition) is 6. The van der Waals surface area contributed by atoms with Crippen LogP contribution in [0.1, 0.15) is 45.7 Å². The molecule has 10 heteroatoms. The molecule has 0 bridgehead atoms. The summed E-state index contributed by atoms with van der Waals surface area (Å²) >= 11 is 0. The topological polar surface area (TPSA) is 103 Å². The van der Waals surface area contributed by atoms with Crippen LogP contribution < -0.4 is 10.1 Å². The Kier molecular flexibility index (Phi) is 7.80. The van der Waals surface area contributed by atoms with Crippen molar-refractivity contribution in [3.63, 3.8) is 0 Å². The number of halogens is 1. The van der Waals surface area contributed by atoms with Crippen molar-refractivity contribution in [1.82, 2.24) is 5.32 Å². The predicted molar refractivity (Wildman–Crippen MR) is 135 cm³/mol. The monoisotopic (exact) mass is 520 g/mol. The van der Waals surface area contributed by atoms with Crippen LogP contribution in [0, 0.1) is 5.82 Å². The van der Waals surface area contributed by atoms with E-state index in [2.05, 4.69) is 10.3 Å². The lowest BCUT2D eigenvalue weighted by Crippen LogP contribution is -2.67. The number of carbonyl (C=O) groups excluding carboxylic acids is 1. The maximum Gasteiger partial charge on any atom is 0.435 e. The van der Waals surface area contributed by atoms with Crippen LogP contribution in [-0.4, -0.2) is 50.2 Å². The van der Waals surface area contributed by atoms with Gasteiger partial charge in [-0.2, -0.15) is 4.99 Å². The molecule has 196 valence electrons. The number of amidine groups is 1. The van der Waals surface area contributed by atoms with Gasteiger partial charge in [0.15, 0.2) is 9.84 Å². The molecule has 0 saturated carbocycles. The van der Waals surface area contributed by atoms with Gasteiger partial charge >= 0.3 is 6.09 Å². The fourth-order valence-corrected chi connectivity index (χ4v) is 5.53. The Morgan fingerprint density at radius 1 is 1.14 bits per heavy atom. The van der Waals surface area contributed by atoms with E-state index in [4.69, 9.17) is 14.2 Å². The summed E-state index contributed by atoms with van der Waals surface area (Å²) in [5.74, 6) is -0.977. The fourth-order valence-electron chi connectivity index (χ4n) is 3.82. The second-order valence-electron chi connectivity index (χ2n) is 10.2. The molecule has 0 spiro atoms. The van der Waals surface area contributed by atoms with Gasteiger partial charge in [0.05, 0.1) is 26.1 Å². The molecular formula is C26H33FN2O6S. The van der Waals surface area contributed by atoms with E-state index in [1.54, 1.807) is 20.8 Å². The molecule has 0 unspecified atom stereocenters. The van der Waals surface area contributed by atoms with Gasteiger partial charge in [0.2, 0.25) is 0 Å². The molecule has 0 aliphatic carbocycles. The quantitative estimate of drug-likeness (QED) is 0.603. The second kappa shape index (κ2) is 10.2. The SMILES string of the molecule is COc1ccc(F)c([C@]2(COCc3ccccc3)CS(=O)(=O)C(C)(C)/C(=N/C(=O)OC(C)(C)C)N2)c1. The summed E-state index contributed by atoms with van der Waals surface area (Å²) in [5.41, 5.74) is -1.55. The van der Waals surface area contributed by atoms with Crippen molar-refractivity contribution in [2.75, 3.05) is 19.5 Å². The van der Waals surface area contributed by atoms with Crippen molar-refractivity contribution >= 4 is 21.8 Å². The number of methoxy groups -OCH3 is 1. The number of ether oxygens (including phenoxy) is 3. The second-order valence-corrected chi connectivity index (χ2v) is 12.8. The Balaban J connectivity index is 2.11. The van der Waals surface area contributed by atoms with Crippen LogP contribution >= 0.6 is 0 Å². The first-order chi connectivity index (χ1) is 16.7. The van der Waals surface area contributed by atoms with E-state index in [0.29, 0.717) is 5.75 Å². The van der Waals surface area contributed by atoms with Gasteiger partial charge in [-0.05, 0) is 58.4 Å². The molecule has 1 heterocycles. The van der Waals surface area contributed by atoms with Crippen LogP contribution in [0.5, 0.6) is 5.75 Å². The average molecular weight is 521 g/mol. The Bertz CT molecular complexity index is 1240. The zero-order valence-electron chi connectivity index (χ0n) is 21.4. The molecule has 8 nitrogen and oxygen atoms in total. The maximum absolute atomic E-state index is 15.3. The Hall–Kier alpha value is -2.98. The number of nitrogens with one attached hydrogen (secondary N) is 1. The fraction of sp³-hybridized carbons (Fsp3) is 0.462. The molecule has 1 N–H and O–H groups in total. The molecular weight excluding hydrogens is 487 g/mol. The minimum atomic E-state index is -3.98. The number of carbonyl (C=O) groups is 1. The molecule has 3 rings (SSSR count). The van der Waals surface area contributed by atoms with Gasteiger partial charge in [-0.15, -0.1) is 0 Å². The van der Waals surface area contributed by atoms with Crippen molar-refractivity contribution in [3.8, 4) is 5.75 Å². The molecule has 1 aliphatic heterocycles. The Morgan fingerprint density at radius 3 is 2.42 bits per heavy atom. The van der Waals surface area contributed by atoms with Crippen molar-refractivity contribution in [2.45, 2.75) is 57.1 Å². The van der Waals surface area contributed by atoms with Gasteiger partial charge in [0, 0.05) is 5.56 Å². The summed E-state index contributed by atoms with van der Waals surface area (Å²) in [6.45, 7) is 7.84. The van der Waals surface area contributed by atoms with E-state index >= 15 is 4.39 Å². The third-order valence-electron chi connectivity index (χ3n) is 5.89. The standard InChI is InChI=1S/C26H33FN2O6S/c1-24(2,3)35-23(30)28-22-25(4,5)36(31,32)17-26(29-22,16-34-15-18-10-8-7-9-11-18)20-14-19(33-6)12-13-21(20)27/h7-14H,15-17H2,1-6H3,(H,28,29,30)/t26-/m0/s1. The highest BCUT2D eigenvalue weighted by atomic mass is 32.2. The molecule has 1 fully saturated rings. The van der Waals surface area contributed by atoms with Gasteiger partial charge in [0.1, 0.15) is 33.3 Å². The van der Waals surface area contributed by atoms with Crippen molar-refractivity contribution in [1.29, 1.82) is 0 Å². The van der Waals surface area contributed by atoms with Crippen LogP contribution in [0.3, 0.4) is 0 Å². The number of benzene rings is 2. The first-order valence-electron chi connectivity index (χ1n) is 11.5. The van der Waals surface area contributed by atoms with Gasteiger partial charge in [-0.25, -0.2) is 17.6 Å². The van der Waals surface area contributed by atoms with Crippen LogP contribution in [0.25, 0.3) is 0 Å². The lowest BCUT2D eigenvalue weighted by molar-refractivity contribution is 0.0594. The first kappa shape index (κ1) is 27.6. The minimum Gasteiger partial charge on any atom is -0.497 e. The maximum atomic E-state index is 15.3. The largest absolute Gasteiger partial charge is 0.497 e. The van der Waals surface area contributed by atoms with Crippen molar-refractivity contribution < 1.29 is 31.8 Å². The highest BCUT2D eigenvalue weighted by molar-refractivity contribution is 7.93. The summed E-state index contributed by atoms with van der Waals surface area (Å²) in [6, 6.07) is 13.4. The Labute approximate surface area is 211 Å². The summed E-state index contributed by atoms with van der Waals surface area (Å²) in [6.07, 6.45) is -0.958. The molecule has 2 aromatic rings. The van der Waals surface area contributed by atoms with E-state index < -0.39 is 43.4 Å². The summed E-state index contributed by atoms with van der Waals surface area (Å²) in [4.78, 5) is 16.6. The molecule has 1 saturated heterocycles. The van der Waals surface area contributed by atoms with Gasteiger partial charge in [-0.1, -0.05) is 30.3 Å². The lowest BCUT2D eigenvalue weighted by atomic mass is 9.90. The number of sulfone groups is 1. The number of rotatable bonds is 6. The van der Waals surface area contributed by atoms with Crippen LogP contribution in [-0.2, 0) is 31.5 Å². The molecule has 2 aromatic carbocycles. The summed E-state index contributed by atoms with van der Waals surface area (Å²) < 4.78 is 57.4. The van der Waals surface area contributed by atoms with Gasteiger partial charge in [-0.3, -0.25) is 0 Å². The van der Waals surface area contributed by atoms with Crippen LogP contribution in [0.15, 0.2) is 53.5 Å². The van der Waals surface area contributed by atoms with Crippen molar-refractivity contribution in [2.24, 2.45) is 4.99 Å². The predicted octanol–water partition coefficient (Wildman–Crippen LogP) is 4.38. The van der Waals surface area contributed by atoms with Gasteiger partial charge in [0.25, 0.3) is 0 Å². The highest BCUT2D eigenvalue weighted by Crippen LogP contribution is 2.37.